The topological polar surface area (TPSA) is 40.8 Å². The summed E-state index contributed by atoms with van der Waals surface area (Å²) in [5, 5.41) is 11.8. The molecule has 0 amide bonds. The first-order valence-corrected chi connectivity index (χ1v) is 10.00. The van der Waals surface area contributed by atoms with E-state index < -0.39 is 0 Å². The first kappa shape index (κ1) is 18.1. The number of nitriles is 1. The minimum atomic E-state index is 0.638. The predicted octanol–water partition coefficient (Wildman–Crippen LogP) is 6.23. The highest BCUT2D eigenvalue weighted by Crippen LogP contribution is 2.44. The third-order valence-corrected chi connectivity index (χ3v) is 5.80. The second kappa shape index (κ2) is 6.86. The molecule has 3 aromatic carbocycles. The van der Waals surface area contributed by atoms with Crippen LogP contribution in [0.15, 0.2) is 77.3 Å². The summed E-state index contributed by atoms with van der Waals surface area (Å²) in [6.07, 6.45) is 2.04. The van der Waals surface area contributed by atoms with E-state index in [0.29, 0.717) is 5.56 Å². The molecule has 0 aliphatic carbocycles. The molecule has 0 fully saturated rings. The molecule has 0 radical (unpaired) electrons. The second-order valence-electron chi connectivity index (χ2n) is 7.73. The van der Waals surface area contributed by atoms with Gasteiger partial charge >= 0.3 is 0 Å². The highest BCUT2D eigenvalue weighted by atomic mass is 16.3. The summed E-state index contributed by atoms with van der Waals surface area (Å²) >= 11 is 0. The number of fused-ring (bicyclic) bond motifs is 3. The molecular formula is C27H21N2O+. The molecule has 5 aromatic rings. The largest absolute Gasteiger partial charge is 0.455 e. The van der Waals surface area contributed by atoms with E-state index in [1.165, 1.54) is 0 Å². The predicted molar refractivity (Wildman–Crippen MR) is 120 cm³/mol. The number of hydrogen-bond donors (Lipinski definition) is 0. The van der Waals surface area contributed by atoms with E-state index >= 15 is 0 Å². The molecule has 144 valence electrons. The SMILES string of the molecule is Cc1cc(-c2ccccc2)c2c(oc3c(C)ccc(C#N)c32)c1-c1cccc[n+]1C. The van der Waals surface area contributed by atoms with Gasteiger partial charge in [0, 0.05) is 22.9 Å². The van der Waals surface area contributed by atoms with E-state index in [1.54, 1.807) is 0 Å². The van der Waals surface area contributed by atoms with Gasteiger partial charge in [0.2, 0.25) is 5.69 Å². The van der Waals surface area contributed by atoms with Crippen LogP contribution in [-0.2, 0) is 7.05 Å². The Hall–Kier alpha value is -3.90. The van der Waals surface area contributed by atoms with Crippen LogP contribution in [0.5, 0.6) is 0 Å². The molecule has 3 nitrogen and oxygen atoms in total. The summed E-state index contributed by atoms with van der Waals surface area (Å²) in [6.45, 7) is 4.16. The molecule has 0 unspecified atom stereocenters. The molecule has 0 saturated heterocycles. The molecule has 0 saturated carbocycles. The summed E-state index contributed by atoms with van der Waals surface area (Å²) < 4.78 is 8.65. The fraction of sp³-hybridized carbons (Fsp3) is 0.111. The zero-order valence-corrected chi connectivity index (χ0v) is 17.2. The van der Waals surface area contributed by atoms with Crippen molar-refractivity contribution in [2.24, 2.45) is 7.05 Å². The Kier molecular flexibility index (Phi) is 4.15. The summed E-state index contributed by atoms with van der Waals surface area (Å²) in [4.78, 5) is 0. The van der Waals surface area contributed by atoms with Crippen LogP contribution in [0.4, 0.5) is 0 Å². The number of aryl methyl sites for hydroxylation is 3. The van der Waals surface area contributed by atoms with E-state index in [-0.39, 0.29) is 0 Å². The van der Waals surface area contributed by atoms with Gasteiger partial charge in [-0.15, -0.1) is 0 Å². The molecule has 0 N–H and O–H groups in total. The maximum Gasteiger partial charge on any atom is 0.216 e. The van der Waals surface area contributed by atoms with Crippen LogP contribution < -0.4 is 4.57 Å². The minimum Gasteiger partial charge on any atom is -0.455 e. The van der Waals surface area contributed by atoms with Crippen molar-refractivity contribution in [3.63, 3.8) is 0 Å². The van der Waals surface area contributed by atoms with Crippen LogP contribution in [0, 0.1) is 25.2 Å². The Morgan fingerprint density at radius 2 is 1.60 bits per heavy atom. The van der Waals surface area contributed by atoms with Gasteiger partial charge in [-0.25, -0.2) is 4.57 Å². The van der Waals surface area contributed by atoms with Gasteiger partial charge in [0.05, 0.1) is 17.2 Å². The Balaban J connectivity index is 2.05. The summed E-state index contributed by atoms with van der Waals surface area (Å²) in [5.74, 6) is 0. The average molecular weight is 389 g/mol. The zero-order chi connectivity index (χ0) is 20.8. The van der Waals surface area contributed by atoms with Crippen LogP contribution >= 0.6 is 0 Å². The molecule has 0 bridgehead atoms. The van der Waals surface area contributed by atoms with Gasteiger partial charge < -0.3 is 4.42 Å². The van der Waals surface area contributed by atoms with Crippen LogP contribution in [0.3, 0.4) is 0 Å². The molecule has 3 heteroatoms. The van der Waals surface area contributed by atoms with Gasteiger partial charge in [0.25, 0.3) is 0 Å². The van der Waals surface area contributed by atoms with Crippen LogP contribution in [-0.4, -0.2) is 0 Å². The molecule has 0 atom stereocenters. The fourth-order valence-corrected chi connectivity index (χ4v) is 4.35. The van der Waals surface area contributed by atoms with E-state index in [0.717, 1.165) is 55.4 Å². The van der Waals surface area contributed by atoms with Crippen molar-refractivity contribution in [2.75, 3.05) is 0 Å². The molecule has 30 heavy (non-hydrogen) atoms. The molecule has 0 aliphatic heterocycles. The number of furan rings is 1. The van der Waals surface area contributed by atoms with Crippen molar-refractivity contribution in [1.29, 1.82) is 5.26 Å². The Morgan fingerprint density at radius 1 is 0.833 bits per heavy atom. The van der Waals surface area contributed by atoms with Crippen molar-refractivity contribution >= 4 is 21.9 Å². The summed E-state index contributed by atoms with van der Waals surface area (Å²) in [7, 11) is 2.04. The minimum absolute atomic E-state index is 0.638. The molecule has 2 aromatic heterocycles. The molecule has 5 rings (SSSR count). The second-order valence-corrected chi connectivity index (χ2v) is 7.73. The van der Waals surface area contributed by atoms with Gasteiger partial charge in [-0.1, -0.05) is 36.4 Å². The first-order chi connectivity index (χ1) is 14.6. The van der Waals surface area contributed by atoms with Gasteiger partial charge in [-0.3, -0.25) is 0 Å². The van der Waals surface area contributed by atoms with Crippen LogP contribution in [0.1, 0.15) is 16.7 Å². The third-order valence-electron chi connectivity index (χ3n) is 5.80. The third kappa shape index (κ3) is 2.62. The average Bonchev–Trinajstić information content (AvgIpc) is 3.16. The van der Waals surface area contributed by atoms with Gasteiger partial charge in [-0.2, -0.15) is 5.26 Å². The lowest BCUT2D eigenvalue weighted by molar-refractivity contribution is -0.660. The van der Waals surface area contributed by atoms with Crippen LogP contribution in [0.25, 0.3) is 44.3 Å². The summed E-state index contributed by atoms with van der Waals surface area (Å²) in [5.41, 5.74) is 8.76. The van der Waals surface area contributed by atoms with Gasteiger partial charge in [-0.05, 0) is 54.3 Å². The van der Waals surface area contributed by atoms with Crippen molar-refractivity contribution in [1.82, 2.24) is 0 Å². The van der Waals surface area contributed by atoms with Crippen molar-refractivity contribution in [3.05, 3.63) is 89.6 Å². The highest BCUT2D eigenvalue weighted by Gasteiger charge is 2.25. The number of benzene rings is 3. The number of pyridine rings is 1. The Morgan fingerprint density at radius 3 is 2.33 bits per heavy atom. The number of aromatic nitrogens is 1. The first-order valence-electron chi connectivity index (χ1n) is 10.00. The monoisotopic (exact) mass is 389 g/mol. The highest BCUT2D eigenvalue weighted by molar-refractivity contribution is 6.18. The van der Waals surface area contributed by atoms with Crippen molar-refractivity contribution in [3.8, 4) is 28.5 Å². The maximum absolute atomic E-state index is 9.86. The van der Waals surface area contributed by atoms with Gasteiger partial charge in [0.15, 0.2) is 6.20 Å². The van der Waals surface area contributed by atoms with Crippen molar-refractivity contribution in [2.45, 2.75) is 13.8 Å². The van der Waals surface area contributed by atoms with E-state index in [1.807, 2.05) is 62.6 Å². The van der Waals surface area contributed by atoms with Gasteiger partial charge in [0.1, 0.15) is 18.2 Å². The number of rotatable bonds is 2. The zero-order valence-electron chi connectivity index (χ0n) is 17.2. The normalized spacial score (nSPS) is 11.1. The van der Waals surface area contributed by atoms with E-state index in [9.17, 15) is 5.26 Å². The maximum atomic E-state index is 9.86. The Bertz CT molecular complexity index is 1470. The lowest BCUT2D eigenvalue weighted by Crippen LogP contribution is -2.30. The number of hydrogen-bond acceptors (Lipinski definition) is 2. The fourth-order valence-electron chi connectivity index (χ4n) is 4.35. The smallest absolute Gasteiger partial charge is 0.216 e. The quantitative estimate of drug-likeness (QED) is 0.336. The van der Waals surface area contributed by atoms with Crippen molar-refractivity contribution < 1.29 is 8.98 Å². The molecule has 2 heterocycles. The lowest BCUT2D eigenvalue weighted by atomic mass is 9.91. The molecule has 0 spiro atoms. The summed E-state index contributed by atoms with van der Waals surface area (Å²) in [6, 6.07) is 24.9. The standard InChI is InChI=1S/C27H21N2O/c1-17-12-13-20(16-28)24-25-21(19-9-5-4-6-10-19)15-18(2)23(27(25)30-26(17)24)22-11-7-8-14-29(22)3/h4-15H,1-3H3/q+1. The van der Waals surface area contributed by atoms with E-state index in [4.69, 9.17) is 4.42 Å². The lowest BCUT2D eigenvalue weighted by Gasteiger charge is -2.11. The molecule has 0 aliphatic rings. The van der Waals surface area contributed by atoms with E-state index in [2.05, 4.69) is 41.8 Å². The Labute approximate surface area is 175 Å². The number of nitrogens with zero attached hydrogens (tertiary/aromatic N) is 2. The molecular weight excluding hydrogens is 368 g/mol. The van der Waals surface area contributed by atoms with Crippen LogP contribution in [0.2, 0.25) is 0 Å².